The van der Waals surface area contributed by atoms with Crippen molar-refractivity contribution in [2.45, 2.75) is 0 Å². The summed E-state index contributed by atoms with van der Waals surface area (Å²) >= 11 is 11.7. The third-order valence-corrected chi connectivity index (χ3v) is 4.88. The Labute approximate surface area is 194 Å². The summed E-state index contributed by atoms with van der Waals surface area (Å²) in [4.78, 5) is 0. The Bertz CT molecular complexity index is 1180. The molecule has 0 aliphatic rings. The summed E-state index contributed by atoms with van der Waals surface area (Å²) in [5.41, 5.74) is 2.95. The molecule has 32 heavy (non-hydrogen) atoms. The Morgan fingerprint density at radius 1 is 0.875 bits per heavy atom. The molecule has 164 valence electrons. The van der Waals surface area contributed by atoms with E-state index in [0.717, 1.165) is 16.7 Å². The molecule has 11 heteroatoms. The van der Waals surface area contributed by atoms with E-state index in [1.165, 1.54) is 13.2 Å². The fraction of sp³-hybridized carbons (Fsp3) is 0.0952. The molecule has 0 aliphatic carbocycles. The average Bonchev–Trinajstić information content (AvgIpc) is 3.33. The lowest BCUT2D eigenvalue weighted by molar-refractivity contribution is 0.403. The smallest absolute Gasteiger partial charge is 0.492 e. The highest BCUT2D eigenvalue weighted by atomic mass is 35.5. The number of hydrogen-bond donors (Lipinski definition) is 3. The normalized spacial score (nSPS) is 10.2. The molecular weight excluding hydrogens is 454 g/mol. The van der Waals surface area contributed by atoms with Gasteiger partial charge in [0, 0.05) is 21.1 Å². The van der Waals surface area contributed by atoms with Crippen LogP contribution in [-0.2, 0) is 0 Å². The van der Waals surface area contributed by atoms with Gasteiger partial charge in [0.1, 0.15) is 11.5 Å². The monoisotopic (exact) mass is 472 g/mol. The molecule has 3 aromatic carbocycles. The van der Waals surface area contributed by atoms with Crippen LogP contribution in [0.1, 0.15) is 0 Å². The SMILES string of the molecule is COc1c(-c2cccc(Cl)c2)cccc1-c1nn[nH]n1.COc1ccc(Cl)cc1B(O)O. The molecule has 0 unspecified atom stereocenters. The van der Waals surface area contributed by atoms with Crippen molar-refractivity contribution in [2.24, 2.45) is 0 Å². The summed E-state index contributed by atoms with van der Waals surface area (Å²) in [6.45, 7) is 0. The van der Waals surface area contributed by atoms with Crippen molar-refractivity contribution in [3.63, 3.8) is 0 Å². The van der Waals surface area contributed by atoms with E-state index in [4.69, 9.17) is 42.7 Å². The van der Waals surface area contributed by atoms with Gasteiger partial charge in [0.25, 0.3) is 0 Å². The molecule has 1 aromatic heterocycles. The lowest BCUT2D eigenvalue weighted by atomic mass is 9.79. The van der Waals surface area contributed by atoms with Gasteiger partial charge < -0.3 is 19.5 Å². The second-order valence-corrected chi connectivity index (χ2v) is 7.26. The van der Waals surface area contributed by atoms with Crippen LogP contribution in [0.5, 0.6) is 11.5 Å². The van der Waals surface area contributed by atoms with Gasteiger partial charge in [0.2, 0.25) is 5.82 Å². The number of nitrogens with one attached hydrogen (secondary N) is 1. The minimum atomic E-state index is -1.56. The minimum absolute atomic E-state index is 0.269. The van der Waals surface area contributed by atoms with E-state index in [2.05, 4.69) is 20.6 Å². The maximum absolute atomic E-state index is 8.88. The summed E-state index contributed by atoms with van der Waals surface area (Å²) in [6.07, 6.45) is 0. The van der Waals surface area contributed by atoms with Gasteiger partial charge >= 0.3 is 7.12 Å². The van der Waals surface area contributed by atoms with Gasteiger partial charge in [-0.05, 0) is 47.2 Å². The number of aromatic nitrogens is 4. The van der Waals surface area contributed by atoms with E-state index >= 15 is 0 Å². The predicted molar refractivity (Wildman–Crippen MR) is 124 cm³/mol. The van der Waals surface area contributed by atoms with Crippen LogP contribution in [0.25, 0.3) is 22.5 Å². The van der Waals surface area contributed by atoms with E-state index in [9.17, 15) is 0 Å². The van der Waals surface area contributed by atoms with Crippen molar-refractivity contribution in [1.82, 2.24) is 20.6 Å². The van der Waals surface area contributed by atoms with Crippen LogP contribution in [-0.4, -0.2) is 52.0 Å². The third kappa shape index (κ3) is 5.57. The van der Waals surface area contributed by atoms with E-state index < -0.39 is 7.12 Å². The van der Waals surface area contributed by atoms with E-state index in [0.29, 0.717) is 27.4 Å². The van der Waals surface area contributed by atoms with Gasteiger partial charge in [-0.2, -0.15) is 5.21 Å². The summed E-state index contributed by atoms with van der Waals surface area (Å²) in [6, 6.07) is 18.0. The molecule has 4 aromatic rings. The molecule has 0 fully saturated rings. The van der Waals surface area contributed by atoms with Crippen molar-refractivity contribution in [3.05, 3.63) is 70.7 Å². The van der Waals surface area contributed by atoms with Crippen molar-refractivity contribution in [1.29, 1.82) is 0 Å². The molecule has 0 aliphatic heterocycles. The standard InChI is InChI=1S/C14H11ClN4O.C7H8BClO3/c1-20-13-11(9-4-2-5-10(15)8-9)6-3-7-12(13)14-16-18-19-17-14;1-12-7-3-2-5(9)4-6(7)8(10)11/h2-8H,1H3,(H,16,17,18,19);2-4,10-11H,1H3. The number of methoxy groups -OCH3 is 2. The Kier molecular flexibility index (Phi) is 8.07. The minimum Gasteiger partial charge on any atom is -0.497 e. The van der Waals surface area contributed by atoms with Gasteiger partial charge in [-0.1, -0.05) is 47.5 Å². The first-order valence-electron chi connectivity index (χ1n) is 9.31. The Hall–Kier alpha value is -3.11. The average molecular weight is 473 g/mol. The Morgan fingerprint density at radius 2 is 1.59 bits per heavy atom. The molecule has 3 N–H and O–H groups in total. The number of aromatic amines is 1. The van der Waals surface area contributed by atoms with Crippen LogP contribution in [0.2, 0.25) is 10.0 Å². The van der Waals surface area contributed by atoms with Gasteiger partial charge in [-0.15, -0.1) is 10.2 Å². The second kappa shape index (κ2) is 11.0. The highest BCUT2D eigenvalue weighted by Crippen LogP contribution is 2.37. The first kappa shape index (κ1) is 23.6. The number of halogens is 2. The van der Waals surface area contributed by atoms with E-state index in [-0.39, 0.29) is 5.46 Å². The Balaban J connectivity index is 0.000000207. The predicted octanol–water partition coefficient (Wildman–Crippen LogP) is 3.22. The number of nitrogens with zero attached hydrogens (tertiary/aromatic N) is 3. The summed E-state index contributed by atoms with van der Waals surface area (Å²) in [5, 5.41) is 32.9. The lowest BCUT2D eigenvalue weighted by Gasteiger charge is -2.12. The topological polar surface area (TPSA) is 113 Å². The van der Waals surface area contributed by atoms with Crippen LogP contribution in [0.15, 0.2) is 60.7 Å². The van der Waals surface area contributed by atoms with Gasteiger partial charge in [-0.3, -0.25) is 0 Å². The summed E-state index contributed by atoms with van der Waals surface area (Å²) in [5.74, 6) is 1.59. The molecule has 0 saturated carbocycles. The molecular formula is C21H19BCl2N4O4. The van der Waals surface area contributed by atoms with Gasteiger partial charge in [-0.25, -0.2) is 0 Å². The lowest BCUT2D eigenvalue weighted by Crippen LogP contribution is -2.31. The van der Waals surface area contributed by atoms with Crippen LogP contribution in [0, 0.1) is 0 Å². The largest absolute Gasteiger partial charge is 0.497 e. The first-order valence-corrected chi connectivity index (χ1v) is 10.1. The molecule has 0 atom stereocenters. The van der Waals surface area contributed by atoms with Gasteiger partial charge in [0.15, 0.2) is 0 Å². The number of rotatable bonds is 5. The first-order chi connectivity index (χ1) is 15.4. The highest BCUT2D eigenvalue weighted by Gasteiger charge is 2.17. The molecule has 8 nitrogen and oxygen atoms in total. The van der Waals surface area contributed by atoms with Crippen LogP contribution < -0.4 is 14.9 Å². The molecule has 1 heterocycles. The molecule has 0 bridgehead atoms. The molecule has 4 rings (SSSR count). The third-order valence-electron chi connectivity index (χ3n) is 4.41. The fourth-order valence-corrected chi connectivity index (χ4v) is 3.37. The zero-order valence-corrected chi connectivity index (χ0v) is 18.7. The number of tetrazole rings is 1. The highest BCUT2D eigenvalue weighted by molar-refractivity contribution is 6.60. The van der Waals surface area contributed by atoms with Crippen molar-refractivity contribution in [2.75, 3.05) is 14.2 Å². The molecule has 0 spiro atoms. The molecule has 0 saturated heterocycles. The summed E-state index contributed by atoms with van der Waals surface area (Å²) < 4.78 is 10.4. The number of ether oxygens (including phenoxy) is 2. The maximum atomic E-state index is 8.88. The quantitative estimate of drug-likeness (QED) is 0.382. The molecule has 0 radical (unpaired) electrons. The van der Waals surface area contributed by atoms with Crippen LogP contribution in [0.4, 0.5) is 0 Å². The van der Waals surface area contributed by atoms with Crippen LogP contribution in [0.3, 0.4) is 0 Å². The summed E-state index contributed by atoms with van der Waals surface area (Å²) in [7, 11) is 1.51. The van der Waals surface area contributed by atoms with Crippen molar-refractivity contribution in [3.8, 4) is 34.0 Å². The zero-order valence-electron chi connectivity index (χ0n) is 17.2. The van der Waals surface area contributed by atoms with Crippen LogP contribution >= 0.6 is 23.2 Å². The number of H-pyrrole nitrogens is 1. The maximum Gasteiger partial charge on any atom is 0.492 e. The Morgan fingerprint density at radius 3 is 2.22 bits per heavy atom. The van der Waals surface area contributed by atoms with Crippen molar-refractivity contribution < 1.29 is 19.5 Å². The molecule has 0 amide bonds. The number of hydrogen-bond acceptors (Lipinski definition) is 7. The van der Waals surface area contributed by atoms with Crippen molar-refractivity contribution >= 4 is 35.8 Å². The number of benzene rings is 3. The zero-order chi connectivity index (χ0) is 23.1. The van der Waals surface area contributed by atoms with E-state index in [1.807, 2.05) is 42.5 Å². The van der Waals surface area contributed by atoms with E-state index in [1.54, 1.807) is 19.2 Å². The second-order valence-electron chi connectivity index (χ2n) is 6.39. The number of para-hydroxylation sites is 1. The fourth-order valence-electron chi connectivity index (χ4n) is 3.00. The van der Waals surface area contributed by atoms with Gasteiger partial charge in [0.05, 0.1) is 19.8 Å².